The van der Waals surface area contributed by atoms with Crippen LogP contribution in [0.15, 0.2) is 50.5 Å². The van der Waals surface area contributed by atoms with Crippen molar-refractivity contribution < 1.29 is 9.32 Å². The summed E-state index contributed by atoms with van der Waals surface area (Å²) in [5.74, 6) is -0.859. The van der Waals surface area contributed by atoms with E-state index in [0.29, 0.717) is 17.8 Å². The lowest BCUT2D eigenvalue weighted by molar-refractivity contribution is 0.102. The zero-order valence-corrected chi connectivity index (χ0v) is 12.6. The number of amides is 1. The summed E-state index contributed by atoms with van der Waals surface area (Å²) in [5, 5.41) is 10.3. The minimum atomic E-state index is -0.662. The predicted molar refractivity (Wildman–Crippen MR) is 84.7 cm³/mol. The highest BCUT2D eigenvalue weighted by Gasteiger charge is 2.11. The molecule has 9 heteroatoms. The summed E-state index contributed by atoms with van der Waals surface area (Å²) in [4.78, 5) is 37.2. The average Bonchev–Trinajstić information content (AvgIpc) is 3.02. The van der Waals surface area contributed by atoms with Crippen LogP contribution in [0.2, 0.25) is 0 Å². The lowest BCUT2D eigenvalue weighted by Crippen LogP contribution is -2.25. The van der Waals surface area contributed by atoms with E-state index in [9.17, 15) is 14.4 Å². The van der Waals surface area contributed by atoms with Gasteiger partial charge in [-0.25, -0.2) is 9.48 Å². The van der Waals surface area contributed by atoms with Gasteiger partial charge >= 0.3 is 5.76 Å². The Bertz CT molecular complexity index is 1000. The first kappa shape index (κ1) is 15.4. The largest absolute Gasteiger partial charge is 0.439 e. The van der Waals surface area contributed by atoms with Gasteiger partial charge in [-0.1, -0.05) is 17.3 Å². The van der Waals surface area contributed by atoms with Gasteiger partial charge in [-0.05, 0) is 25.1 Å². The number of benzene rings is 1. The Balaban J connectivity index is 1.84. The first-order valence-electron chi connectivity index (χ1n) is 7.13. The molecule has 2 aromatic heterocycles. The van der Waals surface area contributed by atoms with Crippen LogP contribution in [0.1, 0.15) is 17.4 Å². The van der Waals surface area contributed by atoms with E-state index in [-0.39, 0.29) is 17.1 Å². The molecule has 122 valence electrons. The maximum atomic E-state index is 12.3. The highest BCUT2D eigenvalue weighted by Crippen LogP contribution is 2.18. The van der Waals surface area contributed by atoms with Gasteiger partial charge in [0, 0.05) is 23.9 Å². The number of aromatic nitrogens is 4. The van der Waals surface area contributed by atoms with Crippen molar-refractivity contribution in [1.82, 2.24) is 19.9 Å². The molecule has 1 aromatic carbocycles. The van der Waals surface area contributed by atoms with Crippen molar-refractivity contribution in [3.8, 4) is 11.4 Å². The summed E-state index contributed by atoms with van der Waals surface area (Å²) in [6.45, 7) is 2.13. The number of aryl methyl sites for hydroxylation is 1. The number of nitrogens with zero attached hydrogens (tertiary/aromatic N) is 3. The molecule has 0 bridgehead atoms. The SMILES string of the molecule is CCn1nc(C(=O)Nc2cccc(-c3noc(=O)[nH]3)c2)ccc1=O. The Labute approximate surface area is 134 Å². The van der Waals surface area contributed by atoms with Crippen LogP contribution in [0.25, 0.3) is 11.4 Å². The number of nitrogens with one attached hydrogen (secondary N) is 2. The third kappa shape index (κ3) is 3.14. The summed E-state index contributed by atoms with van der Waals surface area (Å²) in [7, 11) is 0. The number of hydrogen-bond donors (Lipinski definition) is 2. The van der Waals surface area contributed by atoms with Gasteiger partial charge in [-0.2, -0.15) is 5.10 Å². The fourth-order valence-corrected chi connectivity index (χ4v) is 2.09. The second-order valence-electron chi connectivity index (χ2n) is 4.85. The van der Waals surface area contributed by atoms with E-state index >= 15 is 0 Å². The second-order valence-corrected chi connectivity index (χ2v) is 4.85. The number of rotatable bonds is 4. The highest BCUT2D eigenvalue weighted by atomic mass is 16.5. The van der Waals surface area contributed by atoms with E-state index in [4.69, 9.17) is 0 Å². The van der Waals surface area contributed by atoms with Crippen LogP contribution in [0.3, 0.4) is 0 Å². The van der Waals surface area contributed by atoms with E-state index < -0.39 is 11.7 Å². The molecule has 9 nitrogen and oxygen atoms in total. The summed E-state index contributed by atoms with van der Waals surface area (Å²) in [6, 6.07) is 9.36. The van der Waals surface area contributed by atoms with Crippen molar-refractivity contribution in [3.05, 3.63) is 63.0 Å². The quantitative estimate of drug-likeness (QED) is 0.732. The van der Waals surface area contributed by atoms with Gasteiger partial charge in [0.2, 0.25) is 0 Å². The minimum Gasteiger partial charge on any atom is -0.321 e. The van der Waals surface area contributed by atoms with Crippen LogP contribution < -0.4 is 16.6 Å². The highest BCUT2D eigenvalue weighted by molar-refractivity contribution is 6.02. The van der Waals surface area contributed by atoms with Crippen molar-refractivity contribution in [2.75, 3.05) is 5.32 Å². The van der Waals surface area contributed by atoms with Crippen molar-refractivity contribution in [2.45, 2.75) is 13.5 Å². The molecule has 24 heavy (non-hydrogen) atoms. The fraction of sp³-hybridized carbons (Fsp3) is 0.133. The van der Waals surface area contributed by atoms with E-state index in [2.05, 4.69) is 25.1 Å². The Hall–Kier alpha value is -3.49. The van der Waals surface area contributed by atoms with Gasteiger partial charge in [-0.15, -0.1) is 0 Å². The van der Waals surface area contributed by atoms with Gasteiger partial charge in [0.15, 0.2) is 5.82 Å². The normalized spacial score (nSPS) is 10.5. The molecule has 0 atom stereocenters. The standard InChI is InChI=1S/C15H13N5O4/c1-2-20-12(21)7-6-11(18-20)14(22)16-10-5-3-4-9(8-10)13-17-15(23)24-19-13/h3-8H,2H2,1H3,(H,16,22)(H,17,19,23). The van der Waals surface area contributed by atoms with Crippen molar-refractivity contribution >= 4 is 11.6 Å². The summed E-state index contributed by atoms with van der Waals surface area (Å²) >= 11 is 0. The minimum absolute atomic E-state index is 0.122. The molecule has 0 aliphatic carbocycles. The Morgan fingerprint density at radius 1 is 1.29 bits per heavy atom. The summed E-state index contributed by atoms with van der Waals surface area (Å²) < 4.78 is 5.65. The molecule has 0 unspecified atom stereocenters. The lowest BCUT2D eigenvalue weighted by atomic mass is 10.2. The Kier molecular flexibility index (Phi) is 4.06. The first-order chi connectivity index (χ1) is 11.6. The molecule has 0 fully saturated rings. The second kappa shape index (κ2) is 6.32. The van der Waals surface area contributed by atoms with Crippen molar-refractivity contribution in [2.24, 2.45) is 0 Å². The number of H-pyrrole nitrogens is 1. The van der Waals surface area contributed by atoms with E-state index in [0.717, 1.165) is 0 Å². The average molecular weight is 327 g/mol. The van der Waals surface area contributed by atoms with Gasteiger partial charge < -0.3 is 5.32 Å². The fourth-order valence-electron chi connectivity index (χ4n) is 2.09. The maximum absolute atomic E-state index is 12.3. The Morgan fingerprint density at radius 2 is 2.12 bits per heavy atom. The molecular weight excluding hydrogens is 314 g/mol. The van der Waals surface area contributed by atoms with Crippen LogP contribution in [-0.4, -0.2) is 25.8 Å². The van der Waals surface area contributed by atoms with E-state index in [1.807, 2.05) is 0 Å². The zero-order chi connectivity index (χ0) is 17.1. The molecule has 3 rings (SSSR count). The first-order valence-corrected chi connectivity index (χ1v) is 7.13. The van der Waals surface area contributed by atoms with Crippen molar-refractivity contribution in [1.29, 1.82) is 0 Å². The molecule has 0 radical (unpaired) electrons. The third-order valence-corrected chi connectivity index (χ3v) is 3.23. The summed E-state index contributed by atoms with van der Waals surface area (Å²) in [6.07, 6.45) is 0. The molecule has 2 N–H and O–H groups in total. The van der Waals surface area contributed by atoms with E-state index in [1.165, 1.54) is 16.8 Å². The molecule has 3 aromatic rings. The van der Waals surface area contributed by atoms with Gasteiger partial charge in [0.05, 0.1) is 0 Å². The molecule has 0 saturated carbocycles. The smallest absolute Gasteiger partial charge is 0.321 e. The molecule has 0 aliphatic rings. The van der Waals surface area contributed by atoms with Crippen LogP contribution in [0, 0.1) is 0 Å². The molecule has 2 heterocycles. The summed E-state index contributed by atoms with van der Waals surface area (Å²) in [5.41, 5.74) is 0.908. The van der Waals surface area contributed by atoms with Crippen LogP contribution >= 0.6 is 0 Å². The van der Waals surface area contributed by atoms with Gasteiger partial charge in [0.25, 0.3) is 11.5 Å². The number of carbonyl (C=O) groups excluding carboxylic acids is 1. The molecule has 0 saturated heterocycles. The molecule has 0 aliphatic heterocycles. The van der Waals surface area contributed by atoms with Gasteiger partial charge in [-0.3, -0.25) is 19.1 Å². The predicted octanol–water partition coefficient (Wildman–Crippen LogP) is 0.859. The lowest BCUT2D eigenvalue weighted by Gasteiger charge is -2.07. The van der Waals surface area contributed by atoms with Crippen LogP contribution in [0.4, 0.5) is 5.69 Å². The van der Waals surface area contributed by atoms with Crippen molar-refractivity contribution in [3.63, 3.8) is 0 Å². The molecular formula is C15H13N5O4. The maximum Gasteiger partial charge on any atom is 0.439 e. The third-order valence-electron chi connectivity index (χ3n) is 3.23. The van der Waals surface area contributed by atoms with Crippen LogP contribution in [-0.2, 0) is 6.54 Å². The zero-order valence-electron chi connectivity index (χ0n) is 12.6. The topological polar surface area (TPSA) is 123 Å². The Morgan fingerprint density at radius 3 is 2.83 bits per heavy atom. The molecule has 0 spiro atoms. The van der Waals surface area contributed by atoms with E-state index in [1.54, 1.807) is 31.2 Å². The number of hydrogen-bond acceptors (Lipinski definition) is 6. The van der Waals surface area contributed by atoms with Crippen LogP contribution in [0.5, 0.6) is 0 Å². The van der Waals surface area contributed by atoms with Gasteiger partial charge in [0.1, 0.15) is 5.69 Å². The molecule has 1 amide bonds. The number of anilines is 1. The number of carbonyl (C=O) groups is 1. The monoisotopic (exact) mass is 327 g/mol. The number of aromatic amines is 1.